The van der Waals surface area contributed by atoms with E-state index in [1.807, 2.05) is 31.2 Å². The number of rotatable bonds is 6. The highest BCUT2D eigenvalue weighted by molar-refractivity contribution is 6.06. The standard InChI is InChI=1S/C23H22N2O3/c1-16-6-8-17(9-7-16)15-24-22(26)18-4-3-5-19(14-18)23(27)25-20-10-12-21(28-2)13-11-20/h3-14H,15H2,1-2H3,(H,24,26)(H,25,27). The molecule has 2 N–H and O–H groups in total. The highest BCUT2D eigenvalue weighted by Gasteiger charge is 2.11. The minimum Gasteiger partial charge on any atom is -0.497 e. The molecule has 0 saturated heterocycles. The number of carbonyl (C=O) groups excluding carboxylic acids is 2. The second-order valence-corrected chi connectivity index (χ2v) is 6.43. The lowest BCUT2D eigenvalue weighted by atomic mass is 10.1. The van der Waals surface area contributed by atoms with Crippen LogP contribution in [0.3, 0.4) is 0 Å². The van der Waals surface area contributed by atoms with Gasteiger partial charge in [0.15, 0.2) is 0 Å². The summed E-state index contributed by atoms with van der Waals surface area (Å²) < 4.78 is 5.10. The number of methoxy groups -OCH3 is 1. The fraction of sp³-hybridized carbons (Fsp3) is 0.130. The van der Waals surface area contributed by atoms with Crippen LogP contribution in [0.4, 0.5) is 5.69 Å². The van der Waals surface area contributed by atoms with Crippen LogP contribution in [0.25, 0.3) is 0 Å². The van der Waals surface area contributed by atoms with Crippen LogP contribution in [0.15, 0.2) is 72.8 Å². The van der Waals surface area contributed by atoms with E-state index in [4.69, 9.17) is 4.74 Å². The molecule has 28 heavy (non-hydrogen) atoms. The lowest BCUT2D eigenvalue weighted by molar-refractivity contribution is 0.0951. The molecule has 0 radical (unpaired) electrons. The third kappa shape index (κ3) is 4.98. The van der Waals surface area contributed by atoms with Crippen molar-refractivity contribution in [3.8, 4) is 5.75 Å². The van der Waals surface area contributed by atoms with E-state index in [9.17, 15) is 9.59 Å². The zero-order chi connectivity index (χ0) is 19.9. The van der Waals surface area contributed by atoms with Crippen LogP contribution in [0.1, 0.15) is 31.8 Å². The molecule has 0 aliphatic rings. The predicted octanol–water partition coefficient (Wildman–Crippen LogP) is 4.19. The van der Waals surface area contributed by atoms with Crippen LogP contribution in [0, 0.1) is 6.92 Å². The second kappa shape index (κ2) is 8.86. The molecule has 0 aliphatic heterocycles. The summed E-state index contributed by atoms with van der Waals surface area (Å²) in [5.41, 5.74) is 3.70. The van der Waals surface area contributed by atoms with Crippen LogP contribution < -0.4 is 15.4 Å². The van der Waals surface area contributed by atoms with Gasteiger partial charge in [0.05, 0.1) is 7.11 Å². The van der Waals surface area contributed by atoms with Crippen molar-refractivity contribution >= 4 is 17.5 Å². The SMILES string of the molecule is COc1ccc(NC(=O)c2cccc(C(=O)NCc3ccc(C)cc3)c2)cc1. The minimum absolute atomic E-state index is 0.223. The molecule has 0 unspecified atom stereocenters. The molecule has 2 amide bonds. The van der Waals surface area contributed by atoms with Crippen molar-refractivity contribution in [2.24, 2.45) is 0 Å². The van der Waals surface area contributed by atoms with Gasteiger partial charge in [-0.3, -0.25) is 9.59 Å². The highest BCUT2D eigenvalue weighted by Crippen LogP contribution is 2.16. The molecule has 0 atom stereocenters. The second-order valence-electron chi connectivity index (χ2n) is 6.43. The number of amides is 2. The summed E-state index contributed by atoms with van der Waals surface area (Å²) >= 11 is 0. The van der Waals surface area contributed by atoms with E-state index in [1.165, 1.54) is 5.56 Å². The molecule has 0 spiro atoms. The smallest absolute Gasteiger partial charge is 0.255 e. The van der Waals surface area contributed by atoms with Crippen LogP contribution in [-0.4, -0.2) is 18.9 Å². The third-order valence-electron chi connectivity index (χ3n) is 4.31. The molecular weight excluding hydrogens is 352 g/mol. The average Bonchev–Trinajstić information content (AvgIpc) is 2.73. The van der Waals surface area contributed by atoms with E-state index in [1.54, 1.807) is 55.6 Å². The Balaban J connectivity index is 1.64. The van der Waals surface area contributed by atoms with E-state index in [2.05, 4.69) is 10.6 Å². The highest BCUT2D eigenvalue weighted by atomic mass is 16.5. The molecule has 3 aromatic carbocycles. The number of carbonyl (C=O) groups is 2. The van der Waals surface area contributed by atoms with Crippen molar-refractivity contribution in [3.05, 3.63) is 95.1 Å². The van der Waals surface area contributed by atoms with Gasteiger partial charge >= 0.3 is 0 Å². The van der Waals surface area contributed by atoms with Gasteiger partial charge in [-0.25, -0.2) is 0 Å². The summed E-state index contributed by atoms with van der Waals surface area (Å²) in [7, 11) is 1.59. The first-order chi connectivity index (χ1) is 13.5. The van der Waals surface area contributed by atoms with Crippen LogP contribution >= 0.6 is 0 Å². The van der Waals surface area contributed by atoms with Gasteiger partial charge in [-0.1, -0.05) is 35.9 Å². The molecule has 0 aliphatic carbocycles. The Bertz CT molecular complexity index is 964. The Morgan fingerprint density at radius 2 is 1.50 bits per heavy atom. The van der Waals surface area contributed by atoms with Gasteiger partial charge < -0.3 is 15.4 Å². The third-order valence-corrected chi connectivity index (χ3v) is 4.31. The van der Waals surface area contributed by atoms with Gasteiger partial charge in [0.1, 0.15) is 5.75 Å². The maximum Gasteiger partial charge on any atom is 0.255 e. The number of benzene rings is 3. The number of hydrogen-bond acceptors (Lipinski definition) is 3. The predicted molar refractivity (Wildman–Crippen MR) is 110 cm³/mol. The fourth-order valence-electron chi connectivity index (χ4n) is 2.67. The number of ether oxygens (including phenoxy) is 1. The topological polar surface area (TPSA) is 67.4 Å². The number of anilines is 1. The summed E-state index contributed by atoms with van der Waals surface area (Å²) in [6.45, 7) is 2.45. The Morgan fingerprint density at radius 3 is 2.14 bits per heavy atom. The lowest BCUT2D eigenvalue weighted by Crippen LogP contribution is -2.23. The summed E-state index contributed by atoms with van der Waals surface area (Å²) in [6, 6.07) is 21.7. The van der Waals surface area contributed by atoms with Crippen molar-refractivity contribution in [3.63, 3.8) is 0 Å². The van der Waals surface area contributed by atoms with Gasteiger partial charge in [0.2, 0.25) is 0 Å². The van der Waals surface area contributed by atoms with Crippen molar-refractivity contribution in [1.29, 1.82) is 0 Å². The Kier molecular flexibility index (Phi) is 6.07. The van der Waals surface area contributed by atoms with Crippen molar-refractivity contribution < 1.29 is 14.3 Å². The van der Waals surface area contributed by atoms with Crippen LogP contribution in [0.2, 0.25) is 0 Å². The molecule has 3 rings (SSSR count). The van der Waals surface area contributed by atoms with E-state index in [-0.39, 0.29) is 11.8 Å². The molecule has 0 fully saturated rings. The number of nitrogens with one attached hydrogen (secondary N) is 2. The van der Waals surface area contributed by atoms with E-state index >= 15 is 0 Å². The van der Waals surface area contributed by atoms with Gasteiger partial charge in [-0.2, -0.15) is 0 Å². The molecule has 5 heteroatoms. The summed E-state index contributed by atoms with van der Waals surface area (Å²) in [4.78, 5) is 24.9. The van der Waals surface area contributed by atoms with Gasteiger partial charge in [-0.05, 0) is 55.0 Å². The first-order valence-corrected chi connectivity index (χ1v) is 8.94. The molecule has 3 aromatic rings. The molecule has 0 heterocycles. The lowest BCUT2D eigenvalue weighted by Gasteiger charge is -2.09. The minimum atomic E-state index is -0.279. The molecule has 5 nitrogen and oxygen atoms in total. The Morgan fingerprint density at radius 1 is 0.857 bits per heavy atom. The maximum atomic E-state index is 12.5. The molecule has 0 bridgehead atoms. The molecule has 0 saturated carbocycles. The van der Waals surface area contributed by atoms with E-state index < -0.39 is 0 Å². The van der Waals surface area contributed by atoms with Crippen molar-refractivity contribution in [2.75, 3.05) is 12.4 Å². The first kappa shape index (κ1) is 19.2. The quantitative estimate of drug-likeness (QED) is 0.680. The zero-order valence-corrected chi connectivity index (χ0v) is 15.9. The van der Waals surface area contributed by atoms with Crippen LogP contribution in [0.5, 0.6) is 5.75 Å². The zero-order valence-electron chi connectivity index (χ0n) is 15.9. The normalized spacial score (nSPS) is 10.2. The monoisotopic (exact) mass is 374 g/mol. The first-order valence-electron chi connectivity index (χ1n) is 8.94. The van der Waals surface area contributed by atoms with Crippen molar-refractivity contribution in [2.45, 2.75) is 13.5 Å². The Labute approximate surface area is 164 Å². The Hall–Kier alpha value is -3.60. The summed E-state index contributed by atoms with van der Waals surface area (Å²) in [5.74, 6) is 0.211. The average molecular weight is 374 g/mol. The van der Waals surface area contributed by atoms with Crippen molar-refractivity contribution in [1.82, 2.24) is 5.32 Å². The number of aryl methyl sites for hydroxylation is 1. The molecule has 142 valence electrons. The van der Waals surface area contributed by atoms with E-state index in [0.29, 0.717) is 29.1 Å². The van der Waals surface area contributed by atoms with Crippen LogP contribution in [-0.2, 0) is 6.54 Å². The maximum absolute atomic E-state index is 12.5. The fourth-order valence-corrected chi connectivity index (χ4v) is 2.67. The molecule has 0 aromatic heterocycles. The van der Waals surface area contributed by atoms with Gasteiger partial charge in [0.25, 0.3) is 11.8 Å². The molecular formula is C23H22N2O3. The summed E-state index contributed by atoms with van der Waals surface area (Å²) in [6.07, 6.45) is 0. The van der Waals surface area contributed by atoms with Gasteiger partial charge in [0, 0.05) is 23.4 Å². The largest absolute Gasteiger partial charge is 0.497 e. The van der Waals surface area contributed by atoms with Gasteiger partial charge in [-0.15, -0.1) is 0 Å². The number of hydrogen-bond donors (Lipinski definition) is 2. The van der Waals surface area contributed by atoms with E-state index in [0.717, 1.165) is 5.56 Å². The summed E-state index contributed by atoms with van der Waals surface area (Å²) in [5, 5.41) is 5.69.